The topological polar surface area (TPSA) is 67.2 Å². The van der Waals surface area contributed by atoms with Gasteiger partial charge in [-0.05, 0) is 31.2 Å². The number of carbonyl (C=O) groups is 2. The van der Waals surface area contributed by atoms with E-state index in [0.29, 0.717) is 23.5 Å². The van der Waals surface area contributed by atoms with Crippen molar-refractivity contribution in [3.8, 4) is 0 Å². The van der Waals surface area contributed by atoms with E-state index in [1.165, 1.54) is 30.2 Å². The van der Waals surface area contributed by atoms with E-state index in [-0.39, 0.29) is 37.9 Å². The predicted octanol–water partition coefficient (Wildman–Crippen LogP) is 2.87. The molecule has 0 unspecified atom stereocenters. The van der Waals surface area contributed by atoms with Crippen LogP contribution < -0.4 is 10.2 Å². The first-order valence-electron chi connectivity index (χ1n) is 7.98. The van der Waals surface area contributed by atoms with E-state index in [4.69, 9.17) is 0 Å². The highest BCUT2D eigenvalue weighted by Crippen LogP contribution is 2.32. The zero-order chi connectivity index (χ0) is 19.1. The summed E-state index contributed by atoms with van der Waals surface area (Å²) >= 11 is 0. The minimum Gasteiger partial charge on any atom is -0.352 e. The Morgan fingerprint density at radius 1 is 1.30 bits per heavy atom. The lowest BCUT2D eigenvalue weighted by Gasteiger charge is -2.32. The Kier molecular flexibility index (Phi) is 5.88. The molecule has 1 aliphatic heterocycles. The highest BCUT2D eigenvalue weighted by molar-refractivity contribution is 7.59. The van der Waals surface area contributed by atoms with Crippen LogP contribution in [0.3, 0.4) is 0 Å². The summed E-state index contributed by atoms with van der Waals surface area (Å²) in [6.45, 7) is 3.68. The number of nitrogens with one attached hydrogen (secondary N) is 1. The molecule has 1 N–H and O–H groups in total. The number of carbonyl (C=O) groups excluding carboxylic acids is 2. The lowest BCUT2D eigenvalue weighted by atomic mass is 10.1. The summed E-state index contributed by atoms with van der Waals surface area (Å²) in [6.07, 6.45) is -2.90. The molecule has 0 spiro atoms. The zero-order valence-corrected chi connectivity index (χ0v) is 15.7. The van der Waals surface area contributed by atoms with Crippen LogP contribution in [0.2, 0.25) is 0 Å². The van der Waals surface area contributed by atoms with Crippen LogP contribution in [0.1, 0.15) is 41.5 Å². The highest BCUT2D eigenvalue weighted by atomic mass is 32.1. The Bertz CT molecular complexity index is 849. The number of fused-ring (bicyclic) bond motifs is 1. The van der Waals surface area contributed by atoms with Crippen molar-refractivity contribution in [2.45, 2.75) is 32.6 Å². The minimum atomic E-state index is -4.43. The highest BCUT2D eigenvalue weighted by Gasteiger charge is 2.34. The molecule has 2 heterocycles. The number of alkyl halides is 3. The Labute approximate surface area is 160 Å². The van der Waals surface area contributed by atoms with E-state index < -0.39 is 11.7 Å². The molecule has 27 heavy (non-hydrogen) atoms. The summed E-state index contributed by atoms with van der Waals surface area (Å²) in [7, 11) is 0. The number of amides is 2. The third-order valence-electron chi connectivity index (χ3n) is 4.22. The van der Waals surface area contributed by atoms with Gasteiger partial charge in [0.05, 0.1) is 17.8 Å². The number of hydrogen-bond acceptors (Lipinski definition) is 3. The molecule has 2 aromatic rings. The standard InChI is InChI=1S/C17H17F3N4O2.H2S/c1-10-9-23(14-5-3-13(4-6-14)17(18,19)20)16(26)15-12(7-21-11(2)25)8-22-24(10)15;/h3-6,8,10H,7,9H2,1-2H3,(H,21,25);1H2/t10-;/m0./s1. The van der Waals surface area contributed by atoms with Crippen molar-refractivity contribution < 1.29 is 22.8 Å². The van der Waals surface area contributed by atoms with Gasteiger partial charge in [-0.3, -0.25) is 14.3 Å². The number of halogens is 3. The van der Waals surface area contributed by atoms with Crippen molar-refractivity contribution in [3.05, 3.63) is 47.3 Å². The van der Waals surface area contributed by atoms with Gasteiger partial charge in [0.1, 0.15) is 5.69 Å². The van der Waals surface area contributed by atoms with Crippen LogP contribution in [-0.4, -0.2) is 28.1 Å². The molecule has 1 atom stereocenters. The van der Waals surface area contributed by atoms with E-state index in [1.54, 1.807) is 4.68 Å². The largest absolute Gasteiger partial charge is 0.416 e. The van der Waals surface area contributed by atoms with Crippen LogP contribution in [0, 0.1) is 0 Å². The van der Waals surface area contributed by atoms with Crippen molar-refractivity contribution >= 4 is 31.0 Å². The maximum absolute atomic E-state index is 12.9. The number of rotatable bonds is 3. The third-order valence-corrected chi connectivity index (χ3v) is 4.22. The summed E-state index contributed by atoms with van der Waals surface area (Å²) < 4.78 is 39.8. The summed E-state index contributed by atoms with van der Waals surface area (Å²) in [5.74, 6) is -0.596. The van der Waals surface area contributed by atoms with Crippen LogP contribution in [0.15, 0.2) is 30.5 Å². The molecule has 0 saturated carbocycles. The lowest BCUT2D eigenvalue weighted by molar-refractivity contribution is -0.137. The monoisotopic (exact) mass is 400 g/mol. The van der Waals surface area contributed by atoms with E-state index >= 15 is 0 Å². The van der Waals surface area contributed by atoms with Gasteiger partial charge in [0, 0.05) is 31.3 Å². The fraction of sp³-hybridized carbons (Fsp3) is 0.353. The number of aromatic nitrogens is 2. The van der Waals surface area contributed by atoms with Crippen molar-refractivity contribution in [3.63, 3.8) is 0 Å². The maximum atomic E-state index is 12.9. The van der Waals surface area contributed by atoms with Gasteiger partial charge in [0.2, 0.25) is 5.91 Å². The van der Waals surface area contributed by atoms with Gasteiger partial charge in [0.15, 0.2) is 0 Å². The Morgan fingerprint density at radius 3 is 2.48 bits per heavy atom. The molecule has 1 aliphatic rings. The normalized spacial score (nSPS) is 16.6. The Hall–Kier alpha value is -2.49. The minimum absolute atomic E-state index is 0. The summed E-state index contributed by atoms with van der Waals surface area (Å²) in [6, 6.07) is 4.32. The van der Waals surface area contributed by atoms with E-state index in [9.17, 15) is 22.8 Å². The van der Waals surface area contributed by atoms with E-state index in [0.717, 1.165) is 12.1 Å². The average molecular weight is 400 g/mol. The molecule has 0 bridgehead atoms. The van der Waals surface area contributed by atoms with Crippen LogP contribution in [0.4, 0.5) is 18.9 Å². The third kappa shape index (κ3) is 4.10. The number of benzene rings is 1. The fourth-order valence-corrected chi connectivity index (χ4v) is 2.92. The quantitative estimate of drug-likeness (QED) is 0.862. The van der Waals surface area contributed by atoms with Crippen LogP contribution in [0.5, 0.6) is 0 Å². The first-order valence-corrected chi connectivity index (χ1v) is 7.98. The molecule has 2 amide bonds. The van der Waals surface area contributed by atoms with Gasteiger partial charge < -0.3 is 10.2 Å². The summed E-state index contributed by atoms with van der Waals surface area (Å²) in [4.78, 5) is 25.5. The molecule has 0 aliphatic carbocycles. The molecule has 3 rings (SSSR count). The molecule has 10 heteroatoms. The smallest absolute Gasteiger partial charge is 0.352 e. The van der Waals surface area contributed by atoms with E-state index in [2.05, 4.69) is 10.4 Å². The molecule has 146 valence electrons. The predicted molar refractivity (Wildman–Crippen MR) is 98.0 cm³/mol. The van der Waals surface area contributed by atoms with Crippen molar-refractivity contribution in [1.82, 2.24) is 15.1 Å². The van der Waals surface area contributed by atoms with Crippen molar-refractivity contribution in [2.24, 2.45) is 0 Å². The molecule has 0 radical (unpaired) electrons. The molecular weight excluding hydrogens is 381 g/mol. The van der Waals surface area contributed by atoms with Crippen molar-refractivity contribution in [2.75, 3.05) is 11.4 Å². The molecule has 1 aromatic carbocycles. The second-order valence-corrected chi connectivity index (χ2v) is 6.18. The van der Waals surface area contributed by atoms with Gasteiger partial charge in [-0.25, -0.2) is 0 Å². The first-order chi connectivity index (χ1) is 12.2. The number of hydrogen-bond donors (Lipinski definition) is 1. The van der Waals surface area contributed by atoms with Crippen LogP contribution in [0.25, 0.3) is 0 Å². The first kappa shape index (κ1) is 20.8. The fourth-order valence-electron chi connectivity index (χ4n) is 2.92. The van der Waals surface area contributed by atoms with Gasteiger partial charge in [-0.2, -0.15) is 31.8 Å². The summed E-state index contributed by atoms with van der Waals surface area (Å²) in [5, 5.41) is 6.83. The second-order valence-electron chi connectivity index (χ2n) is 6.18. The molecule has 1 aromatic heterocycles. The zero-order valence-electron chi connectivity index (χ0n) is 14.7. The SMILES string of the molecule is CC(=O)NCc1cnn2c1C(=O)N(c1ccc(C(F)(F)F)cc1)C[C@@H]2C.S. The number of anilines is 1. The molecular formula is C17H19F3N4O2S. The van der Waals surface area contributed by atoms with Gasteiger partial charge in [-0.1, -0.05) is 0 Å². The van der Waals surface area contributed by atoms with E-state index in [1.807, 2.05) is 6.92 Å². The molecule has 0 fully saturated rings. The van der Waals surface area contributed by atoms with Gasteiger partial charge in [-0.15, -0.1) is 0 Å². The lowest BCUT2D eigenvalue weighted by Crippen LogP contribution is -2.43. The Balaban J connectivity index is 0.00000261. The van der Waals surface area contributed by atoms with Crippen LogP contribution >= 0.6 is 13.5 Å². The van der Waals surface area contributed by atoms with Crippen molar-refractivity contribution in [1.29, 1.82) is 0 Å². The average Bonchev–Trinajstić information content (AvgIpc) is 3.00. The van der Waals surface area contributed by atoms with Gasteiger partial charge >= 0.3 is 6.18 Å². The number of nitrogens with zero attached hydrogens (tertiary/aromatic N) is 3. The van der Waals surface area contributed by atoms with Crippen LogP contribution in [-0.2, 0) is 17.5 Å². The van der Waals surface area contributed by atoms with Gasteiger partial charge in [0.25, 0.3) is 5.91 Å². The molecule has 0 saturated heterocycles. The maximum Gasteiger partial charge on any atom is 0.416 e. The Morgan fingerprint density at radius 2 is 1.93 bits per heavy atom. The second kappa shape index (κ2) is 7.63. The summed E-state index contributed by atoms with van der Waals surface area (Å²) in [5.41, 5.74) is 0.508. The molecule has 6 nitrogen and oxygen atoms in total.